The first kappa shape index (κ1) is 17.7. The maximum absolute atomic E-state index is 12.9. The molecule has 1 fully saturated rings. The molecule has 0 saturated carbocycles. The van der Waals surface area contributed by atoms with E-state index in [1.54, 1.807) is 6.07 Å². The number of nitrogens with zero attached hydrogens (tertiary/aromatic N) is 3. The van der Waals surface area contributed by atoms with Crippen LogP contribution >= 0.6 is 0 Å². The summed E-state index contributed by atoms with van der Waals surface area (Å²) >= 11 is 0. The quantitative estimate of drug-likeness (QED) is 0.847. The SMILES string of the molecule is COc1cc(OC)nc(N2CCC(NC(=O)Nc3ccc(F)cc3)C2)n1. The van der Waals surface area contributed by atoms with E-state index in [9.17, 15) is 9.18 Å². The number of carbonyl (C=O) groups excluding carboxylic acids is 1. The smallest absolute Gasteiger partial charge is 0.319 e. The number of anilines is 2. The van der Waals surface area contributed by atoms with Crippen LogP contribution in [0.15, 0.2) is 30.3 Å². The minimum atomic E-state index is -0.351. The van der Waals surface area contributed by atoms with E-state index in [2.05, 4.69) is 20.6 Å². The van der Waals surface area contributed by atoms with Gasteiger partial charge in [0.15, 0.2) is 0 Å². The first-order valence-corrected chi connectivity index (χ1v) is 8.12. The fourth-order valence-electron chi connectivity index (χ4n) is 2.69. The van der Waals surface area contributed by atoms with Crippen molar-refractivity contribution in [2.24, 2.45) is 0 Å². The molecule has 0 spiro atoms. The van der Waals surface area contributed by atoms with Gasteiger partial charge in [-0.1, -0.05) is 0 Å². The van der Waals surface area contributed by atoms with Crippen molar-refractivity contribution < 1.29 is 18.7 Å². The topological polar surface area (TPSA) is 88.6 Å². The molecule has 1 aromatic carbocycles. The first-order valence-electron chi connectivity index (χ1n) is 8.12. The van der Waals surface area contributed by atoms with Gasteiger partial charge in [-0.2, -0.15) is 9.97 Å². The number of carbonyl (C=O) groups is 1. The van der Waals surface area contributed by atoms with Gasteiger partial charge < -0.3 is 25.0 Å². The number of amides is 2. The van der Waals surface area contributed by atoms with E-state index in [-0.39, 0.29) is 17.9 Å². The van der Waals surface area contributed by atoms with Crippen LogP contribution in [0.25, 0.3) is 0 Å². The Hall–Kier alpha value is -3.10. The minimum absolute atomic E-state index is 0.0590. The lowest BCUT2D eigenvalue weighted by atomic mass is 10.3. The van der Waals surface area contributed by atoms with Gasteiger partial charge in [0.2, 0.25) is 17.7 Å². The van der Waals surface area contributed by atoms with Crippen molar-refractivity contribution in [1.29, 1.82) is 0 Å². The molecule has 8 nitrogen and oxygen atoms in total. The Labute approximate surface area is 150 Å². The van der Waals surface area contributed by atoms with Gasteiger partial charge in [0.25, 0.3) is 0 Å². The second kappa shape index (κ2) is 7.85. The molecule has 1 unspecified atom stereocenters. The van der Waals surface area contributed by atoms with E-state index in [1.165, 1.54) is 38.5 Å². The van der Waals surface area contributed by atoms with E-state index >= 15 is 0 Å². The van der Waals surface area contributed by atoms with Crippen molar-refractivity contribution in [3.8, 4) is 11.8 Å². The monoisotopic (exact) mass is 361 g/mol. The summed E-state index contributed by atoms with van der Waals surface area (Å²) in [5, 5.41) is 5.58. The Morgan fingerprint density at radius 2 is 1.85 bits per heavy atom. The highest BCUT2D eigenvalue weighted by molar-refractivity contribution is 5.89. The number of hydrogen-bond acceptors (Lipinski definition) is 6. The second-order valence-electron chi connectivity index (χ2n) is 5.79. The third kappa shape index (κ3) is 4.29. The van der Waals surface area contributed by atoms with Crippen molar-refractivity contribution >= 4 is 17.7 Å². The van der Waals surface area contributed by atoms with Gasteiger partial charge in [-0.05, 0) is 30.7 Å². The molecule has 138 valence electrons. The van der Waals surface area contributed by atoms with E-state index in [1.807, 2.05) is 4.90 Å². The molecule has 2 N–H and O–H groups in total. The number of benzene rings is 1. The summed E-state index contributed by atoms with van der Waals surface area (Å²) in [7, 11) is 3.05. The minimum Gasteiger partial charge on any atom is -0.481 e. The van der Waals surface area contributed by atoms with Crippen molar-refractivity contribution in [3.63, 3.8) is 0 Å². The summed E-state index contributed by atoms with van der Waals surface area (Å²) in [5.41, 5.74) is 0.527. The van der Waals surface area contributed by atoms with Crippen LogP contribution in [0.1, 0.15) is 6.42 Å². The lowest BCUT2D eigenvalue weighted by Gasteiger charge is -2.18. The second-order valence-corrected chi connectivity index (χ2v) is 5.79. The Bertz CT molecular complexity index is 749. The van der Waals surface area contributed by atoms with Crippen molar-refractivity contribution in [2.45, 2.75) is 12.5 Å². The molecule has 3 rings (SSSR count). The molecule has 0 aliphatic carbocycles. The maximum atomic E-state index is 12.9. The highest BCUT2D eigenvalue weighted by atomic mass is 19.1. The van der Waals surface area contributed by atoms with Gasteiger partial charge in [-0.15, -0.1) is 0 Å². The van der Waals surface area contributed by atoms with Crippen molar-refractivity contribution in [2.75, 3.05) is 37.5 Å². The zero-order valence-electron chi connectivity index (χ0n) is 14.5. The summed E-state index contributed by atoms with van der Waals surface area (Å²) in [5.74, 6) is 0.968. The molecular weight excluding hydrogens is 341 g/mol. The van der Waals surface area contributed by atoms with Gasteiger partial charge >= 0.3 is 6.03 Å². The van der Waals surface area contributed by atoms with Crippen LogP contribution in [0.2, 0.25) is 0 Å². The summed E-state index contributed by atoms with van der Waals surface area (Å²) in [6.45, 7) is 1.25. The third-order valence-electron chi connectivity index (χ3n) is 3.99. The van der Waals surface area contributed by atoms with Crippen LogP contribution in [0.4, 0.5) is 20.8 Å². The van der Waals surface area contributed by atoms with Crippen LogP contribution in [0.5, 0.6) is 11.8 Å². The van der Waals surface area contributed by atoms with Crippen molar-refractivity contribution in [3.05, 3.63) is 36.1 Å². The van der Waals surface area contributed by atoms with Crippen LogP contribution < -0.4 is 25.0 Å². The highest BCUT2D eigenvalue weighted by Gasteiger charge is 2.26. The summed E-state index contributed by atoms with van der Waals surface area (Å²) in [6.07, 6.45) is 0.750. The molecule has 26 heavy (non-hydrogen) atoms. The Balaban J connectivity index is 1.58. The van der Waals surface area contributed by atoms with Gasteiger partial charge in [0.05, 0.1) is 20.3 Å². The molecule has 1 aliphatic rings. The summed E-state index contributed by atoms with van der Waals surface area (Å²) in [4.78, 5) is 22.7. The molecule has 1 aromatic heterocycles. The molecule has 1 aliphatic heterocycles. The Morgan fingerprint density at radius 1 is 1.19 bits per heavy atom. The predicted molar refractivity (Wildman–Crippen MR) is 94.3 cm³/mol. The van der Waals surface area contributed by atoms with Gasteiger partial charge in [0.1, 0.15) is 5.82 Å². The lowest BCUT2D eigenvalue weighted by Crippen LogP contribution is -2.39. The van der Waals surface area contributed by atoms with Crippen molar-refractivity contribution in [1.82, 2.24) is 15.3 Å². The van der Waals surface area contributed by atoms with E-state index < -0.39 is 0 Å². The Kier molecular flexibility index (Phi) is 5.35. The molecule has 0 bridgehead atoms. The lowest BCUT2D eigenvalue weighted by molar-refractivity contribution is 0.249. The normalized spacial score (nSPS) is 16.3. The average Bonchev–Trinajstić information content (AvgIpc) is 3.11. The number of hydrogen-bond donors (Lipinski definition) is 2. The molecule has 1 saturated heterocycles. The van der Waals surface area contributed by atoms with Crippen LogP contribution in [-0.2, 0) is 0 Å². The van der Waals surface area contributed by atoms with E-state index in [0.717, 1.165) is 6.42 Å². The van der Waals surface area contributed by atoms with Gasteiger partial charge in [-0.25, -0.2) is 9.18 Å². The zero-order chi connectivity index (χ0) is 18.5. The fourth-order valence-corrected chi connectivity index (χ4v) is 2.69. The molecule has 1 atom stereocenters. The molecule has 2 heterocycles. The largest absolute Gasteiger partial charge is 0.481 e. The molecule has 9 heteroatoms. The van der Waals surface area contributed by atoms with Crippen LogP contribution in [-0.4, -0.2) is 49.4 Å². The number of rotatable bonds is 5. The third-order valence-corrected chi connectivity index (χ3v) is 3.99. The van der Waals surface area contributed by atoms with E-state index in [4.69, 9.17) is 9.47 Å². The number of urea groups is 1. The first-order chi connectivity index (χ1) is 12.6. The number of aromatic nitrogens is 2. The van der Waals surface area contributed by atoms with E-state index in [0.29, 0.717) is 36.5 Å². The van der Waals surface area contributed by atoms with Gasteiger partial charge in [-0.3, -0.25) is 0 Å². The summed E-state index contributed by atoms with van der Waals surface area (Å²) < 4.78 is 23.2. The summed E-state index contributed by atoms with van der Waals surface area (Å²) in [6, 6.07) is 6.80. The molecule has 0 radical (unpaired) electrons. The standard InChI is InChI=1S/C17H20FN5O3/c1-25-14-9-15(26-2)22-16(21-14)23-8-7-13(10-23)20-17(24)19-12-5-3-11(18)4-6-12/h3-6,9,13H,7-8,10H2,1-2H3,(H2,19,20,24). The van der Waals surface area contributed by atoms with Gasteiger partial charge in [0, 0.05) is 24.8 Å². The van der Waals surface area contributed by atoms with Crippen LogP contribution in [0.3, 0.4) is 0 Å². The Morgan fingerprint density at radius 3 is 2.46 bits per heavy atom. The number of ether oxygens (including phenoxy) is 2. The average molecular weight is 361 g/mol. The van der Waals surface area contributed by atoms with Crippen LogP contribution in [0, 0.1) is 5.82 Å². The number of halogens is 1. The maximum Gasteiger partial charge on any atom is 0.319 e. The number of methoxy groups -OCH3 is 2. The number of nitrogens with one attached hydrogen (secondary N) is 2. The highest BCUT2D eigenvalue weighted by Crippen LogP contribution is 2.23. The molecular formula is C17H20FN5O3. The molecule has 2 amide bonds. The predicted octanol–water partition coefficient (Wildman–Crippen LogP) is 2.03. The fraction of sp³-hybridized carbons (Fsp3) is 0.353. The zero-order valence-corrected chi connectivity index (χ0v) is 14.5. The molecule has 2 aromatic rings.